The first kappa shape index (κ1) is 14.0. The lowest BCUT2D eigenvalue weighted by Gasteiger charge is -2.27. The van der Waals surface area contributed by atoms with Crippen LogP contribution < -0.4 is 14.9 Å². The van der Waals surface area contributed by atoms with Crippen molar-refractivity contribution < 1.29 is 14.6 Å². The number of nitrogens with zero attached hydrogens (tertiary/aromatic N) is 1. The fourth-order valence-corrected chi connectivity index (χ4v) is 2.30. The number of rotatable bonds is 5. The van der Waals surface area contributed by atoms with Crippen LogP contribution >= 0.6 is 0 Å². The van der Waals surface area contributed by atoms with Gasteiger partial charge in [0.25, 0.3) is 0 Å². The Bertz CT molecular complexity index is 392. The Kier molecular flexibility index (Phi) is 4.87. The number of piperidine rings is 1. The third kappa shape index (κ3) is 3.52. The first-order chi connectivity index (χ1) is 9.24. The van der Waals surface area contributed by atoms with E-state index < -0.39 is 0 Å². The quantitative estimate of drug-likeness (QED) is 0.852. The number of hydrazine groups is 1. The zero-order chi connectivity index (χ0) is 13.7. The van der Waals surface area contributed by atoms with Gasteiger partial charge in [0.15, 0.2) is 11.5 Å². The number of nitrogens with one attached hydrogen (secondary N) is 1. The highest BCUT2D eigenvalue weighted by Gasteiger charge is 2.13. The number of methoxy groups -OCH3 is 2. The Morgan fingerprint density at radius 3 is 2.21 bits per heavy atom. The monoisotopic (exact) mass is 266 g/mol. The summed E-state index contributed by atoms with van der Waals surface area (Å²) in [5, 5.41) is 12.1. The highest BCUT2D eigenvalue weighted by Crippen LogP contribution is 2.37. The molecule has 1 aliphatic rings. The van der Waals surface area contributed by atoms with Crippen LogP contribution in [-0.2, 0) is 6.54 Å². The third-order valence-electron chi connectivity index (χ3n) is 3.40. The maximum Gasteiger partial charge on any atom is 0.200 e. The summed E-state index contributed by atoms with van der Waals surface area (Å²) in [7, 11) is 3.08. The summed E-state index contributed by atoms with van der Waals surface area (Å²) in [6.45, 7) is 2.88. The van der Waals surface area contributed by atoms with Crippen LogP contribution in [-0.4, -0.2) is 37.4 Å². The van der Waals surface area contributed by atoms with E-state index in [1.807, 2.05) is 12.1 Å². The minimum atomic E-state index is 0.0479. The van der Waals surface area contributed by atoms with Crippen LogP contribution in [0, 0.1) is 0 Å². The number of aromatic hydroxyl groups is 1. The van der Waals surface area contributed by atoms with Crippen molar-refractivity contribution >= 4 is 0 Å². The normalized spacial score (nSPS) is 16.3. The largest absolute Gasteiger partial charge is 0.502 e. The molecule has 0 aromatic heterocycles. The summed E-state index contributed by atoms with van der Waals surface area (Å²) in [6, 6.07) is 3.66. The predicted molar refractivity (Wildman–Crippen MR) is 73.5 cm³/mol. The van der Waals surface area contributed by atoms with Crippen molar-refractivity contribution in [2.24, 2.45) is 0 Å². The summed E-state index contributed by atoms with van der Waals surface area (Å²) in [5.74, 6) is 0.927. The third-order valence-corrected chi connectivity index (χ3v) is 3.40. The highest BCUT2D eigenvalue weighted by molar-refractivity contribution is 5.52. The van der Waals surface area contributed by atoms with Crippen molar-refractivity contribution in [3.63, 3.8) is 0 Å². The van der Waals surface area contributed by atoms with Crippen LogP contribution in [0.2, 0.25) is 0 Å². The Balaban J connectivity index is 2.02. The molecule has 0 amide bonds. The minimum absolute atomic E-state index is 0.0479. The molecular formula is C14H22N2O3. The number of hydrogen-bond acceptors (Lipinski definition) is 5. The van der Waals surface area contributed by atoms with Gasteiger partial charge in [0, 0.05) is 19.6 Å². The average Bonchev–Trinajstić information content (AvgIpc) is 2.47. The van der Waals surface area contributed by atoms with Gasteiger partial charge in [-0.25, -0.2) is 5.01 Å². The van der Waals surface area contributed by atoms with Gasteiger partial charge in [-0.05, 0) is 30.5 Å². The molecule has 106 valence electrons. The molecule has 5 nitrogen and oxygen atoms in total. The van der Waals surface area contributed by atoms with Gasteiger partial charge in [0.1, 0.15) is 0 Å². The second-order valence-electron chi connectivity index (χ2n) is 4.73. The van der Waals surface area contributed by atoms with Gasteiger partial charge in [0.05, 0.1) is 14.2 Å². The molecule has 0 saturated carbocycles. The van der Waals surface area contributed by atoms with Crippen LogP contribution in [0.3, 0.4) is 0 Å². The van der Waals surface area contributed by atoms with Crippen molar-refractivity contribution in [2.75, 3.05) is 27.3 Å². The number of ether oxygens (including phenoxy) is 2. The van der Waals surface area contributed by atoms with Gasteiger partial charge in [0.2, 0.25) is 5.75 Å². The van der Waals surface area contributed by atoms with E-state index in [9.17, 15) is 5.11 Å². The van der Waals surface area contributed by atoms with Crippen molar-refractivity contribution in [2.45, 2.75) is 25.8 Å². The molecule has 1 aromatic rings. The maximum atomic E-state index is 9.85. The second kappa shape index (κ2) is 6.63. The van der Waals surface area contributed by atoms with Gasteiger partial charge < -0.3 is 14.6 Å². The molecule has 0 bridgehead atoms. The number of benzene rings is 1. The van der Waals surface area contributed by atoms with Gasteiger partial charge in [-0.1, -0.05) is 6.42 Å². The van der Waals surface area contributed by atoms with E-state index in [4.69, 9.17) is 9.47 Å². The molecule has 0 aliphatic carbocycles. The Hall–Kier alpha value is -1.46. The lowest BCUT2D eigenvalue weighted by Crippen LogP contribution is -2.41. The first-order valence-corrected chi connectivity index (χ1v) is 6.67. The Morgan fingerprint density at radius 1 is 1.11 bits per heavy atom. The fourth-order valence-electron chi connectivity index (χ4n) is 2.30. The van der Waals surface area contributed by atoms with Gasteiger partial charge in [-0.2, -0.15) is 0 Å². The van der Waals surface area contributed by atoms with Crippen molar-refractivity contribution in [3.8, 4) is 17.2 Å². The zero-order valence-corrected chi connectivity index (χ0v) is 11.6. The van der Waals surface area contributed by atoms with E-state index in [0.717, 1.165) is 18.7 Å². The van der Waals surface area contributed by atoms with Crippen molar-refractivity contribution in [3.05, 3.63) is 17.7 Å². The molecule has 0 unspecified atom stereocenters. The van der Waals surface area contributed by atoms with E-state index >= 15 is 0 Å². The topological polar surface area (TPSA) is 54.0 Å². The molecule has 1 saturated heterocycles. The number of hydrogen-bond donors (Lipinski definition) is 2. The molecule has 1 heterocycles. The van der Waals surface area contributed by atoms with Crippen LogP contribution in [0.15, 0.2) is 12.1 Å². The molecule has 2 N–H and O–H groups in total. The predicted octanol–water partition coefficient (Wildman–Crippen LogP) is 1.90. The van der Waals surface area contributed by atoms with E-state index in [1.54, 1.807) is 0 Å². The average molecular weight is 266 g/mol. The first-order valence-electron chi connectivity index (χ1n) is 6.67. The van der Waals surface area contributed by atoms with Crippen LogP contribution in [0.4, 0.5) is 0 Å². The molecule has 19 heavy (non-hydrogen) atoms. The standard InChI is InChI=1S/C14H22N2O3/c1-18-12-8-11(9-13(19-2)14(12)17)10-15-16-6-4-3-5-7-16/h8-9,15,17H,3-7,10H2,1-2H3. The molecule has 1 aromatic carbocycles. The maximum absolute atomic E-state index is 9.85. The Morgan fingerprint density at radius 2 is 1.68 bits per heavy atom. The van der Waals surface area contributed by atoms with Crippen molar-refractivity contribution in [1.82, 2.24) is 10.4 Å². The van der Waals surface area contributed by atoms with Gasteiger partial charge in [-0.15, -0.1) is 0 Å². The van der Waals surface area contributed by atoms with E-state index in [1.165, 1.54) is 33.5 Å². The molecule has 5 heteroatoms. The van der Waals surface area contributed by atoms with Gasteiger partial charge in [-0.3, -0.25) is 5.43 Å². The van der Waals surface area contributed by atoms with E-state index in [-0.39, 0.29) is 5.75 Å². The second-order valence-corrected chi connectivity index (χ2v) is 4.73. The molecule has 0 radical (unpaired) electrons. The van der Waals surface area contributed by atoms with Gasteiger partial charge >= 0.3 is 0 Å². The van der Waals surface area contributed by atoms with E-state index in [2.05, 4.69) is 10.4 Å². The summed E-state index contributed by atoms with van der Waals surface area (Å²) in [6.07, 6.45) is 3.81. The number of phenolic OH excluding ortho intramolecular Hbond substituents is 1. The van der Waals surface area contributed by atoms with Crippen molar-refractivity contribution in [1.29, 1.82) is 0 Å². The zero-order valence-electron chi connectivity index (χ0n) is 11.6. The lowest BCUT2D eigenvalue weighted by molar-refractivity contribution is 0.151. The summed E-state index contributed by atoms with van der Waals surface area (Å²) in [5.41, 5.74) is 4.43. The van der Waals surface area contributed by atoms with E-state index in [0.29, 0.717) is 18.0 Å². The summed E-state index contributed by atoms with van der Waals surface area (Å²) >= 11 is 0. The van der Waals surface area contributed by atoms with Crippen LogP contribution in [0.5, 0.6) is 17.2 Å². The van der Waals surface area contributed by atoms with Crippen LogP contribution in [0.25, 0.3) is 0 Å². The van der Waals surface area contributed by atoms with Crippen LogP contribution in [0.1, 0.15) is 24.8 Å². The number of phenols is 1. The molecule has 1 fully saturated rings. The summed E-state index contributed by atoms with van der Waals surface area (Å²) < 4.78 is 10.3. The smallest absolute Gasteiger partial charge is 0.200 e. The molecular weight excluding hydrogens is 244 g/mol. The summed E-state index contributed by atoms with van der Waals surface area (Å²) in [4.78, 5) is 0. The molecule has 0 atom stereocenters. The lowest BCUT2D eigenvalue weighted by atomic mass is 10.1. The SMILES string of the molecule is COc1cc(CNN2CCCCC2)cc(OC)c1O. The molecule has 0 spiro atoms. The molecule has 1 aliphatic heterocycles. The highest BCUT2D eigenvalue weighted by atomic mass is 16.5. The fraction of sp³-hybridized carbons (Fsp3) is 0.571. The molecule has 2 rings (SSSR count). The Labute approximate surface area is 114 Å². The minimum Gasteiger partial charge on any atom is -0.502 e.